The predicted molar refractivity (Wildman–Crippen MR) is 114 cm³/mol. The van der Waals surface area contributed by atoms with Crippen molar-refractivity contribution in [2.45, 2.75) is 13.1 Å². The maximum atomic E-state index is 4.42. The van der Waals surface area contributed by atoms with Crippen molar-refractivity contribution in [1.82, 2.24) is 4.98 Å². The fourth-order valence-electron chi connectivity index (χ4n) is 3.20. The number of anilines is 2. The standard InChI is InChI=1S/C24H23N3/c1-27(18-20-6-3-2-4-7-20)23-13-9-19(10-14-23)17-26-22-12-11-21-8-5-15-25-24(21)16-22/h2-16,26H,17-18H2,1H3. The zero-order chi connectivity index (χ0) is 18.5. The quantitative estimate of drug-likeness (QED) is 0.497. The van der Waals surface area contributed by atoms with Crippen LogP contribution in [0.4, 0.5) is 11.4 Å². The van der Waals surface area contributed by atoms with Crippen molar-refractivity contribution in [2.75, 3.05) is 17.3 Å². The van der Waals surface area contributed by atoms with E-state index in [-0.39, 0.29) is 0 Å². The molecule has 4 aromatic rings. The molecule has 0 aliphatic heterocycles. The summed E-state index contributed by atoms with van der Waals surface area (Å²) in [6, 6.07) is 29.6. The molecule has 3 heteroatoms. The zero-order valence-electron chi connectivity index (χ0n) is 15.5. The molecule has 1 aromatic heterocycles. The molecular weight excluding hydrogens is 330 g/mol. The minimum Gasteiger partial charge on any atom is -0.381 e. The lowest BCUT2D eigenvalue weighted by molar-refractivity contribution is 0.922. The van der Waals surface area contributed by atoms with E-state index in [1.165, 1.54) is 16.8 Å². The molecule has 0 aliphatic rings. The molecule has 0 atom stereocenters. The zero-order valence-corrected chi connectivity index (χ0v) is 15.5. The predicted octanol–water partition coefficient (Wildman–Crippen LogP) is 5.48. The first-order valence-electron chi connectivity index (χ1n) is 9.20. The minimum absolute atomic E-state index is 0.793. The van der Waals surface area contributed by atoms with Gasteiger partial charge in [0.1, 0.15) is 0 Å². The molecule has 0 spiro atoms. The highest BCUT2D eigenvalue weighted by molar-refractivity contribution is 5.81. The van der Waals surface area contributed by atoms with E-state index in [9.17, 15) is 0 Å². The van der Waals surface area contributed by atoms with Gasteiger partial charge in [-0.3, -0.25) is 4.98 Å². The molecule has 0 radical (unpaired) electrons. The van der Waals surface area contributed by atoms with E-state index >= 15 is 0 Å². The van der Waals surface area contributed by atoms with Crippen LogP contribution in [0.1, 0.15) is 11.1 Å². The number of hydrogen-bond donors (Lipinski definition) is 1. The third-order valence-corrected chi connectivity index (χ3v) is 4.74. The van der Waals surface area contributed by atoms with Crippen LogP contribution >= 0.6 is 0 Å². The van der Waals surface area contributed by atoms with Gasteiger partial charge in [-0.15, -0.1) is 0 Å². The first kappa shape index (κ1) is 17.1. The molecule has 4 rings (SSSR count). The van der Waals surface area contributed by atoms with E-state index in [1.807, 2.05) is 12.3 Å². The summed E-state index contributed by atoms with van der Waals surface area (Å²) in [5.74, 6) is 0. The van der Waals surface area contributed by atoms with Gasteiger partial charge in [0, 0.05) is 43.1 Å². The fraction of sp³-hybridized carbons (Fsp3) is 0.125. The lowest BCUT2D eigenvalue weighted by Crippen LogP contribution is -2.16. The van der Waals surface area contributed by atoms with Gasteiger partial charge < -0.3 is 10.2 Å². The minimum atomic E-state index is 0.793. The van der Waals surface area contributed by atoms with Crippen molar-refractivity contribution in [2.24, 2.45) is 0 Å². The highest BCUT2D eigenvalue weighted by Gasteiger charge is 2.03. The number of aromatic nitrogens is 1. The number of hydrogen-bond acceptors (Lipinski definition) is 3. The van der Waals surface area contributed by atoms with Crippen LogP contribution in [0, 0.1) is 0 Å². The Morgan fingerprint density at radius 1 is 0.815 bits per heavy atom. The van der Waals surface area contributed by atoms with Gasteiger partial charge in [0.25, 0.3) is 0 Å². The van der Waals surface area contributed by atoms with E-state index in [0.717, 1.165) is 29.7 Å². The summed E-state index contributed by atoms with van der Waals surface area (Å²) < 4.78 is 0. The molecule has 0 fully saturated rings. The number of benzene rings is 3. The maximum Gasteiger partial charge on any atom is 0.0722 e. The van der Waals surface area contributed by atoms with Crippen LogP contribution in [0.25, 0.3) is 10.9 Å². The SMILES string of the molecule is CN(Cc1ccccc1)c1ccc(CNc2ccc3cccnc3c2)cc1. The Hall–Kier alpha value is -3.33. The summed E-state index contributed by atoms with van der Waals surface area (Å²) in [5.41, 5.74) is 5.90. The van der Waals surface area contributed by atoms with E-state index in [2.05, 4.69) is 101 Å². The van der Waals surface area contributed by atoms with E-state index in [0.29, 0.717) is 0 Å². The number of rotatable bonds is 6. The number of nitrogens with zero attached hydrogens (tertiary/aromatic N) is 2. The topological polar surface area (TPSA) is 28.2 Å². The smallest absolute Gasteiger partial charge is 0.0722 e. The molecule has 3 nitrogen and oxygen atoms in total. The second kappa shape index (κ2) is 7.92. The molecule has 0 aliphatic carbocycles. The molecular formula is C24H23N3. The van der Waals surface area contributed by atoms with Crippen molar-refractivity contribution >= 4 is 22.3 Å². The van der Waals surface area contributed by atoms with Gasteiger partial charge in [0.15, 0.2) is 0 Å². The van der Waals surface area contributed by atoms with Crippen LogP contribution < -0.4 is 10.2 Å². The second-order valence-electron chi connectivity index (χ2n) is 6.77. The van der Waals surface area contributed by atoms with Crippen LogP contribution in [0.2, 0.25) is 0 Å². The summed E-state index contributed by atoms with van der Waals surface area (Å²) >= 11 is 0. The summed E-state index contributed by atoms with van der Waals surface area (Å²) in [6.07, 6.45) is 1.83. The van der Waals surface area contributed by atoms with Gasteiger partial charge in [-0.2, -0.15) is 0 Å². The van der Waals surface area contributed by atoms with Crippen molar-refractivity contribution in [3.8, 4) is 0 Å². The molecule has 1 heterocycles. The van der Waals surface area contributed by atoms with Gasteiger partial charge >= 0.3 is 0 Å². The highest BCUT2D eigenvalue weighted by atomic mass is 15.1. The van der Waals surface area contributed by atoms with E-state index < -0.39 is 0 Å². The Balaban J connectivity index is 1.38. The summed E-state index contributed by atoms with van der Waals surface area (Å²) in [4.78, 5) is 6.68. The normalized spacial score (nSPS) is 10.7. The summed E-state index contributed by atoms with van der Waals surface area (Å²) in [6.45, 7) is 1.70. The van der Waals surface area contributed by atoms with Crippen LogP contribution in [0.5, 0.6) is 0 Å². The molecule has 0 saturated heterocycles. The molecule has 3 aromatic carbocycles. The molecule has 0 unspecified atom stereocenters. The average molecular weight is 353 g/mol. The molecule has 134 valence electrons. The van der Waals surface area contributed by atoms with Gasteiger partial charge in [0.2, 0.25) is 0 Å². The fourth-order valence-corrected chi connectivity index (χ4v) is 3.20. The summed E-state index contributed by atoms with van der Waals surface area (Å²) in [7, 11) is 2.13. The molecule has 27 heavy (non-hydrogen) atoms. The first-order valence-corrected chi connectivity index (χ1v) is 9.20. The van der Waals surface area contributed by atoms with Gasteiger partial charge in [-0.1, -0.05) is 54.6 Å². The lowest BCUT2D eigenvalue weighted by atomic mass is 10.1. The third-order valence-electron chi connectivity index (χ3n) is 4.74. The number of nitrogens with one attached hydrogen (secondary N) is 1. The second-order valence-corrected chi connectivity index (χ2v) is 6.77. The highest BCUT2D eigenvalue weighted by Crippen LogP contribution is 2.19. The van der Waals surface area contributed by atoms with Crippen LogP contribution in [-0.2, 0) is 13.1 Å². The molecule has 0 bridgehead atoms. The van der Waals surface area contributed by atoms with Crippen LogP contribution in [0.3, 0.4) is 0 Å². The Morgan fingerprint density at radius 2 is 1.63 bits per heavy atom. The number of fused-ring (bicyclic) bond motifs is 1. The van der Waals surface area contributed by atoms with Crippen molar-refractivity contribution in [1.29, 1.82) is 0 Å². The van der Waals surface area contributed by atoms with Crippen molar-refractivity contribution < 1.29 is 0 Å². The van der Waals surface area contributed by atoms with Crippen LogP contribution in [0.15, 0.2) is 91.1 Å². The van der Waals surface area contributed by atoms with Crippen molar-refractivity contribution in [3.05, 3.63) is 102 Å². The monoisotopic (exact) mass is 353 g/mol. The molecule has 0 saturated carbocycles. The largest absolute Gasteiger partial charge is 0.381 e. The molecule has 0 amide bonds. The molecule has 1 N–H and O–H groups in total. The van der Waals surface area contributed by atoms with E-state index in [4.69, 9.17) is 0 Å². The Morgan fingerprint density at radius 3 is 2.44 bits per heavy atom. The Kier molecular flexibility index (Phi) is 5.01. The van der Waals surface area contributed by atoms with Crippen molar-refractivity contribution in [3.63, 3.8) is 0 Å². The Labute approximate surface area is 160 Å². The van der Waals surface area contributed by atoms with Gasteiger partial charge in [0.05, 0.1) is 5.52 Å². The van der Waals surface area contributed by atoms with Gasteiger partial charge in [-0.25, -0.2) is 0 Å². The first-order chi connectivity index (χ1) is 13.3. The lowest BCUT2D eigenvalue weighted by Gasteiger charge is -2.20. The number of pyridine rings is 1. The average Bonchev–Trinajstić information content (AvgIpc) is 2.73. The van der Waals surface area contributed by atoms with Crippen LogP contribution in [-0.4, -0.2) is 12.0 Å². The maximum absolute atomic E-state index is 4.42. The Bertz CT molecular complexity index is 1010. The van der Waals surface area contributed by atoms with E-state index in [1.54, 1.807) is 0 Å². The third kappa shape index (κ3) is 4.26. The summed E-state index contributed by atoms with van der Waals surface area (Å²) in [5, 5.41) is 4.65. The van der Waals surface area contributed by atoms with Gasteiger partial charge in [-0.05, 0) is 41.5 Å².